The van der Waals surface area contributed by atoms with Crippen LogP contribution in [0.25, 0.3) is 0 Å². The van der Waals surface area contributed by atoms with Gasteiger partial charge < -0.3 is 5.11 Å². The molecule has 1 heterocycles. The van der Waals surface area contributed by atoms with E-state index < -0.39 is 5.97 Å². The number of carboxylic acid groups (broad SMARTS) is 1. The van der Waals surface area contributed by atoms with Gasteiger partial charge in [-0.05, 0) is 56.9 Å². The SMILES string of the molecule is CC1CCCN1C1CC(C(C)(C)C)CCC1C(=O)O. The minimum absolute atomic E-state index is 0.154. The van der Waals surface area contributed by atoms with Crippen molar-refractivity contribution in [3.63, 3.8) is 0 Å². The summed E-state index contributed by atoms with van der Waals surface area (Å²) < 4.78 is 0. The number of hydrogen-bond acceptors (Lipinski definition) is 2. The van der Waals surface area contributed by atoms with Crippen LogP contribution in [0.4, 0.5) is 0 Å². The van der Waals surface area contributed by atoms with Crippen molar-refractivity contribution in [2.75, 3.05) is 6.54 Å². The van der Waals surface area contributed by atoms with Gasteiger partial charge in [0.15, 0.2) is 0 Å². The van der Waals surface area contributed by atoms with Gasteiger partial charge in [0.1, 0.15) is 0 Å². The molecule has 2 aliphatic rings. The van der Waals surface area contributed by atoms with E-state index in [9.17, 15) is 9.90 Å². The summed E-state index contributed by atoms with van der Waals surface area (Å²) >= 11 is 0. The predicted octanol–water partition coefficient (Wildman–Crippen LogP) is 3.39. The lowest BCUT2D eigenvalue weighted by Gasteiger charge is -2.45. The molecule has 1 aliphatic heterocycles. The van der Waals surface area contributed by atoms with Crippen LogP contribution in [-0.4, -0.2) is 34.6 Å². The van der Waals surface area contributed by atoms with Crippen molar-refractivity contribution < 1.29 is 9.90 Å². The van der Waals surface area contributed by atoms with Gasteiger partial charge in [-0.15, -0.1) is 0 Å². The van der Waals surface area contributed by atoms with Gasteiger partial charge in [-0.2, -0.15) is 0 Å². The van der Waals surface area contributed by atoms with E-state index in [0.717, 1.165) is 25.8 Å². The summed E-state index contributed by atoms with van der Waals surface area (Å²) in [5.41, 5.74) is 0.296. The number of hydrogen-bond donors (Lipinski definition) is 1. The van der Waals surface area contributed by atoms with Crippen LogP contribution < -0.4 is 0 Å². The highest BCUT2D eigenvalue weighted by molar-refractivity contribution is 5.71. The third kappa shape index (κ3) is 3.13. The van der Waals surface area contributed by atoms with Crippen LogP contribution >= 0.6 is 0 Å². The van der Waals surface area contributed by atoms with E-state index in [-0.39, 0.29) is 12.0 Å². The van der Waals surface area contributed by atoms with Crippen molar-refractivity contribution in [2.24, 2.45) is 17.3 Å². The quantitative estimate of drug-likeness (QED) is 0.833. The van der Waals surface area contributed by atoms with Crippen molar-refractivity contribution in [3.8, 4) is 0 Å². The Labute approximate surface area is 117 Å². The highest BCUT2D eigenvalue weighted by Gasteiger charge is 2.43. The molecule has 110 valence electrons. The highest BCUT2D eigenvalue weighted by Crippen LogP contribution is 2.43. The largest absolute Gasteiger partial charge is 0.481 e. The molecule has 4 unspecified atom stereocenters. The molecule has 0 bridgehead atoms. The number of nitrogens with zero attached hydrogens (tertiary/aromatic N) is 1. The van der Waals surface area contributed by atoms with Crippen LogP contribution in [0.15, 0.2) is 0 Å². The molecular weight excluding hydrogens is 238 g/mol. The Hall–Kier alpha value is -0.570. The molecule has 3 nitrogen and oxygen atoms in total. The van der Waals surface area contributed by atoms with E-state index in [1.54, 1.807) is 0 Å². The summed E-state index contributed by atoms with van der Waals surface area (Å²) in [7, 11) is 0. The first-order valence-electron chi connectivity index (χ1n) is 7.79. The summed E-state index contributed by atoms with van der Waals surface area (Å²) in [5.74, 6) is -0.0866. The van der Waals surface area contributed by atoms with Gasteiger partial charge >= 0.3 is 5.97 Å². The smallest absolute Gasteiger partial charge is 0.308 e. The van der Waals surface area contributed by atoms with E-state index in [4.69, 9.17) is 0 Å². The number of carbonyl (C=O) groups is 1. The molecule has 2 rings (SSSR count). The molecule has 0 spiro atoms. The topological polar surface area (TPSA) is 40.5 Å². The lowest BCUT2D eigenvalue weighted by atomic mass is 9.67. The standard InChI is InChI=1S/C16H29NO2/c1-11-6-5-9-17(11)14-10-12(16(2,3)4)7-8-13(14)15(18)19/h11-14H,5-10H2,1-4H3,(H,18,19). The van der Waals surface area contributed by atoms with E-state index in [1.165, 1.54) is 12.8 Å². The molecule has 1 aliphatic carbocycles. The molecule has 0 amide bonds. The predicted molar refractivity (Wildman–Crippen MR) is 77.1 cm³/mol. The Morgan fingerprint density at radius 3 is 2.37 bits per heavy atom. The Morgan fingerprint density at radius 2 is 1.89 bits per heavy atom. The normalized spacial score (nSPS) is 37.5. The zero-order chi connectivity index (χ0) is 14.2. The van der Waals surface area contributed by atoms with Crippen molar-refractivity contribution >= 4 is 5.97 Å². The van der Waals surface area contributed by atoms with Gasteiger partial charge in [0.2, 0.25) is 0 Å². The summed E-state index contributed by atoms with van der Waals surface area (Å²) in [6, 6.07) is 0.818. The maximum absolute atomic E-state index is 11.6. The second kappa shape index (κ2) is 5.43. The van der Waals surface area contributed by atoms with E-state index in [2.05, 4.69) is 32.6 Å². The zero-order valence-corrected chi connectivity index (χ0v) is 12.9. The number of likely N-dealkylation sites (tertiary alicyclic amines) is 1. The summed E-state index contributed by atoms with van der Waals surface area (Å²) in [6.45, 7) is 10.2. The molecule has 1 saturated carbocycles. The Morgan fingerprint density at radius 1 is 1.21 bits per heavy atom. The minimum Gasteiger partial charge on any atom is -0.481 e. The van der Waals surface area contributed by atoms with Crippen LogP contribution in [-0.2, 0) is 4.79 Å². The van der Waals surface area contributed by atoms with Gasteiger partial charge in [0.05, 0.1) is 5.92 Å². The molecule has 3 heteroatoms. The van der Waals surface area contributed by atoms with Gasteiger partial charge in [-0.3, -0.25) is 9.69 Å². The third-order valence-corrected chi connectivity index (χ3v) is 5.39. The van der Waals surface area contributed by atoms with Crippen LogP contribution in [0.2, 0.25) is 0 Å². The van der Waals surface area contributed by atoms with E-state index in [0.29, 0.717) is 17.4 Å². The average Bonchev–Trinajstić information content (AvgIpc) is 2.73. The van der Waals surface area contributed by atoms with Crippen molar-refractivity contribution in [1.29, 1.82) is 0 Å². The fourth-order valence-electron chi connectivity index (χ4n) is 4.04. The molecule has 0 aromatic rings. The van der Waals surface area contributed by atoms with E-state index >= 15 is 0 Å². The monoisotopic (exact) mass is 267 g/mol. The molecule has 1 saturated heterocycles. The summed E-state index contributed by atoms with van der Waals surface area (Å²) in [6.07, 6.45) is 5.43. The first-order valence-corrected chi connectivity index (χ1v) is 7.79. The van der Waals surface area contributed by atoms with Gasteiger partial charge in [0, 0.05) is 12.1 Å². The molecule has 2 fully saturated rings. The summed E-state index contributed by atoms with van der Waals surface area (Å²) in [4.78, 5) is 14.0. The maximum Gasteiger partial charge on any atom is 0.308 e. The van der Waals surface area contributed by atoms with Gasteiger partial charge in [-0.1, -0.05) is 20.8 Å². The molecule has 1 N–H and O–H groups in total. The van der Waals surface area contributed by atoms with Crippen molar-refractivity contribution in [1.82, 2.24) is 4.90 Å². The van der Waals surface area contributed by atoms with Crippen LogP contribution in [0, 0.1) is 17.3 Å². The van der Waals surface area contributed by atoms with Crippen LogP contribution in [0.3, 0.4) is 0 Å². The fourth-order valence-corrected chi connectivity index (χ4v) is 4.04. The first kappa shape index (κ1) is 14.8. The third-order valence-electron chi connectivity index (χ3n) is 5.39. The van der Waals surface area contributed by atoms with Gasteiger partial charge in [0.25, 0.3) is 0 Å². The maximum atomic E-state index is 11.6. The highest BCUT2D eigenvalue weighted by atomic mass is 16.4. The number of rotatable bonds is 2. The zero-order valence-electron chi connectivity index (χ0n) is 12.9. The Kier molecular flexibility index (Phi) is 4.24. The van der Waals surface area contributed by atoms with Gasteiger partial charge in [-0.25, -0.2) is 0 Å². The average molecular weight is 267 g/mol. The Balaban J connectivity index is 2.15. The first-order chi connectivity index (χ1) is 8.80. The molecule has 19 heavy (non-hydrogen) atoms. The Bertz CT molecular complexity index is 334. The number of aliphatic carboxylic acids is 1. The molecule has 4 atom stereocenters. The van der Waals surface area contributed by atoms with Crippen LogP contribution in [0.5, 0.6) is 0 Å². The summed E-state index contributed by atoms with van der Waals surface area (Å²) in [5, 5.41) is 9.52. The molecular formula is C16H29NO2. The van der Waals surface area contributed by atoms with Crippen molar-refractivity contribution in [2.45, 2.75) is 71.9 Å². The second-order valence-electron chi connectivity index (χ2n) is 7.62. The van der Waals surface area contributed by atoms with E-state index in [1.807, 2.05) is 0 Å². The second-order valence-corrected chi connectivity index (χ2v) is 7.62. The minimum atomic E-state index is -0.587. The fraction of sp³-hybridized carbons (Fsp3) is 0.938. The molecule has 0 aromatic heterocycles. The lowest BCUT2D eigenvalue weighted by Crippen LogP contribution is -2.50. The number of carboxylic acids is 1. The lowest BCUT2D eigenvalue weighted by molar-refractivity contribution is -0.147. The van der Waals surface area contributed by atoms with Crippen molar-refractivity contribution in [3.05, 3.63) is 0 Å². The molecule has 0 radical (unpaired) electrons. The van der Waals surface area contributed by atoms with Crippen LogP contribution in [0.1, 0.15) is 59.8 Å². The molecule has 0 aromatic carbocycles.